The molecule has 0 amide bonds. The first kappa shape index (κ1) is 11.5. The summed E-state index contributed by atoms with van der Waals surface area (Å²) in [6.07, 6.45) is 0.905. The van der Waals surface area contributed by atoms with Crippen LogP contribution in [-0.2, 0) is 15.6 Å². The molecule has 1 saturated heterocycles. The first-order valence-electron chi connectivity index (χ1n) is 5.23. The summed E-state index contributed by atoms with van der Waals surface area (Å²) in [6.45, 7) is 0.889. The summed E-state index contributed by atoms with van der Waals surface area (Å²) in [5.74, 6) is -0.332. The minimum atomic E-state index is -3.14. The topological polar surface area (TPSA) is 46.2 Å². The highest BCUT2D eigenvalue weighted by atomic mass is 32.2. The van der Waals surface area contributed by atoms with Gasteiger partial charge < -0.3 is 5.32 Å². The van der Waals surface area contributed by atoms with Gasteiger partial charge in [0.05, 0.1) is 11.5 Å². The van der Waals surface area contributed by atoms with Crippen molar-refractivity contribution in [2.45, 2.75) is 18.2 Å². The molecule has 0 radical (unpaired) electrons. The largest absolute Gasteiger partial charge is 0.313 e. The van der Waals surface area contributed by atoms with Crippen LogP contribution in [0.25, 0.3) is 0 Å². The van der Waals surface area contributed by atoms with Crippen molar-refractivity contribution in [2.24, 2.45) is 0 Å². The number of nitrogens with one attached hydrogen (secondary N) is 1. The molecule has 0 spiro atoms. The lowest BCUT2D eigenvalue weighted by Crippen LogP contribution is -2.47. The SMILES string of the molecule is O=S(=O)(Cc1cccc(F)c1)CC1CCN1. The minimum absolute atomic E-state index is 0.0804. The fourth-order valence-electron chi connectivity index (χ4n) is 1.74. The van der Waals surface area contributed by atoms with Crippen molar-refractivity contribution >= 4 is 9.84 Å². The summed E-state index contributed by atoms with van der Waals surface area (Å²) in [7, 11) is -3.14. The molecule has 16 heavy (non-hydrogen) atoms. The van der Waals surface area contributed by atoms with Crippen LogP contribution in [0.3, 0.4) is 0 Å². The molecule has 1 aliphatic heterocycles. The van der Waals surface area contributed by atoms with Crippen molar-refractivity contribution in [2.75, 3.05) is 12.3 Å². The van der Waals surface area contributed by atoms with E-state index in [1.165, 1.54) is 18.2 Å². The van der Waals surface area contributed by atoms with E-state index in [1.54, 1.807) is 6.07 Å². The lowest BCUT2D eigenvalue weighted by molar-refractivity contribution is 0.398. The summed E-state index contributed by atoms with van der Waals surface area (Å²) in [6, 6.07) is 5.82. The van der Waals surface area contributed by atoms with Gasteiger partial charge >= 0.3 is 0 Å². The summed E-state index contributed by atoms with van der Waals surface area (Å²) in [4.78, 5) is 0. The second-order valence-corrected chi connectivity index (χ2v) is 6.23. The van der Waals surface area contributed by atoms with Crippen LogP contribution in [-0.4, -0.2) is 26.8 Å². The highest BCUT2D eigenvalue weighted by Gasteiger charge is 2.24. The molecule has 1 fully saturated rings. The summed E-state index contributed by atoms with van der Waals surface area (Å²) in [5.41, 5.74) is 0.513. The zero-order chi connectivity index (χ0) is 11.6. The van der Waals surface area contributed by atoms with Crippen LogP contribution in [0.15, 0.2) is 24.3 Å². The van der Waals surface area contributed by atoms with E-state index < -0.39 is 15.7 Å². The van der Waals surface area contributed by atoms with Gasteiger partial charge in [0.25, 0.3) is 0 Å². The van der Waals surface area contributed by atoms with Gasteiger partial charge in [0, 0.05) is 6.04 Å². The van der Waals surface area contributed by atoms with Gasteiger partial charge in [-0.25, -0.2) is 12.8 Å². The summed E-state index contributed by atoms with van der Waals surface area (Å²) in [5, 5.41) is 3.05. The fourth-order valence-corrected chi connectivity index (χ4v) is 3.44. The Kier molecular flexibility index (Phi) is 3.25. The molecule has 0 saturated carbocycles. The lowest BCUT2D eigenvalue weighted by Gasteiger charge is -2.27. The Morgan fingerprint density at radius 3 is 2.75 bits per heavy atom. The number of halogens is 1. The maximum Gasteiger partial charge on any atom is 0.155 e. The Morgan fingerprint density at radius 1 is 1.44 bits per heavy atom. The molecule has 88 valence electrons. The predicted molar refractivity (Wildman–Crippen MR) is 60.3 cm³/mol. The van der Waals surface area contributed by atoms with Gasteiger partial charge in [0.15, 0.2) is 9.84 Å². The second-order valence-electron chi connectivity index (χ2n) is 4.12. The van der Waals surface area contributed by atoms with E-state index in [-0.39, 0.29) is 17.5 Å². The maximum atomic E-state index is 12.9. The second kappa shape index (κ2) is 4.51. The van der Waals surface area contributed by atoms with E-state index in [2.05, 4.69) is 5.32 Å². The lowest BCUT2D eigenvalue weighted by atomic mass is 10.1. The van der Waals surface area contributed by atoms with Crippen LogP contribution in [0, 0.1) is 5.82 Å². The number of benzene rings is 1. The van der Waals surface area contributed by atoms with Crippen molar-refractivity contribution in [3.63, 3.8) is 0 Å². The van der Waals surface area contributed by atoms with Crippen LogP contribution < -0.4 is 5.32 Å². The fraction of sp³-hybridized carbons (Fsp3) is 0.455. The maximum absolute atomic E-state index is 12.9. The minimum Gasteiger partial charge on any atom is -0.313 e. The molecule has 1 aliphatic rings. The number of rotatable bonds is 4. The Balaban J connectivity index is 2.02. The smallest absolute Gasteiger partial charge is 0.155 e. The van der Waals surface area contributed by atoms with Gasteiger partial charge in [-0.05, 0) is 30.7 Å². The van der Waals surface area contributed by atoms with E-state index in [0.29, 0.717) is 5.56 Å². The molecular formula is C11H14FNO2S. The van der Waals surface area contributed by atoms with Gasteiger partial charge in [-0.1, -0.05) is 12.1 Å². The van der Waals surface area contributed by atoms with Crippen molar-refractivity contribution in [1.29, 1.82) is 0 Å². The molecule has 1 atom stereocenters. The molecule has 5 heteroatoms. The summed E-state index contributed by atoms with van der Waals surface area (Å²) < 4.78 is 36.4. The molecule has 0 bridgehead atoms. The monoisotopic (exact) mass is 243 g/mol. The third kappa shape index (κ3) is 3.02. The highest BCUT2D eigenvalue weighted by molar-refractivity contribution is 7.90. The molecule has 1 unspecified atom stereocenters. The standard InChI is InChI=1S/C11H14FNO2S/c12-10-3-1-2-9(6-10)7-16(14,15)8-11-4-5-13-11/h1-3,6,11,13H,4-5,7-8H2. The zero-order valence-corrected chi connectivity index (χ0v) is 9.63. The van der Waals surface area contributed by atoms with E-state index in [0.717, 1.165) is 13.0 Å². The molecule has 1 heterocycles. The molecule has 1 N–H and O–H groups in total. The Labute approximate surface area is 94.6 Å². The van der Waals surface area contributed by atoms with Gasteiger partial charge in [0.1, 0.15) is 5.82 Å². The highest BCUT2D eigenvalue weighted by Crippen LogP contribution is 2.12. The molecule has 0 aromatic heterocycles. The average molecular weight is 243 g/mol. The number of hydrogen-bond donors (Lipinski definition) is 1. The van der Waals surface area contributed by atoms with E-state index >= 15 is 0 Å². The third-order valence-corrected chi connectivity index (χ3v) is 4.34. The Morgan fingerprint density at radius 2 is 2.19 bits per heavy atom. The molecule has 3 nitrogen and oxygen atoms in total. The number of sulfone groups is 1. The average Bonchev–Trinajstić information content (AvgIpc) is 2.11. The van der Waals surface area contributed by atoms with Crippen LogP contribution >= 0.6 is 0 Å². The van der Waals surface area contributed by atoms with E-state index in [1.807, 2.05) is 0 Å². The molecule has 0 aliphatic carbocycles. The van der Waals surface area contributed by atoms with Crippen LogP contribution in [0.1, 0.15) is 12.0 Å². The van der Waals surface area contributed by atoms with Gasteiger partial charge in [0.2, 0.25) is 0 Å². The van der Waals surface area contributed by atoms with Crippen molar-refractivity contribution < 1.29 is 12.8 Å². The quantitative estimate of drug-likeness (QED) is 0.861. The van der Waals surface area contributed by atoms with Crippen LogP contribution in [0.2, 0.25) is 0 Å². The van der Waals surface area contributed by atoms with Gasteiger partial charge in [-0.2, -0.15) is 0 Å². The normalized spacial score (nSPS) is 20.4. The van der Waals surface area contributed by atoms with Crippen LogP contribution in [0.5, 0.6) is 0 Å². The van der Waals surface area contributed by atoms with Gasteiger partial charge in [-0.3, -0.25) is 0 Å². The predicted octanol–water partition coefficient (Wildman–Crippen LogP) is 1.10. The molecule has 1 aromatic rings. The molecular weight excluding hydrogens is 229 g/mol. The first-order valence-corrected chi connectivity index (χ1v) is 7.05. The zero-order valence-electron chi connectivity index (χ0n) is 8.82. The molecule has 1 aromatic carbocycles. The Hall–Kier alpha value is -0.940. The van der Waals surface area contributed by atoms with E-state index in [4.69, 9.17) is 0 Å². The molecule has 2 rings (SSSR count). The van der Waals surface area contributed by atoms with Crippen molar-refractivity contribution in [3.8, 4) is 0 Å². The van der Waals surface area contributed by atoms with Crippen LogP contribution in [0.4, 0.5) is 4.39 Å². The van der Waals surface area contributed by atoms with Gasteiger partial charge in [-0.15, -0.1) is 0 Å². The third-order valence-electron chi connectivity index (χ3n) is 2.66. The Bertz CT molecular complexity index is 469. The number of hydrogen-bond acceptors (Lipinski definition) is 3. The van der Waals surface area contributed by atoms with Crippen molar-refractivity contribution in [1.82, 2.24) is 5.32 Å². The van der Waals surface area contributed by atoms with E-state index in [9.17, 15) is 12.8 Å². The summed E-state index contributed by atoms with van der Waals surface area (Å²) >= 11 is 0. The van der Waals surface area contributed by atoms with Crippen molar-refractivity contribution in [3.05, 3.63) is 35.6 Å². The first-order chi connectivity index (χ1) is 7.55.